The van der Waals surface area contributed by atoms with Gasteiger partial charge in [-0.25, -0.2) is 4.79 Å². The number of anilines is 1. The zero-order chi connectivity index (χ0) is 19.4. The molecule has 0 radical (unpaired) electrons. The molecule has 1 aromatic carbocycles. The first-order valence-corrected chi connectivity index (χ1v) is 9.14. The number of hydrogen-bond acceptors (Lipinski definition) is 4. The van der Waals surface area contributed by atoms with E-state index in [2.05, 4.69) is 11.4 Å². The van der Waals surface area contributed by atoms with Crippen LogP contribution in [0.2, 0.25) is 0 Å². The molecule has 0 atom stereocenters. The SMILES string of the molecule is Cc1ccc(C#N)cc1NC(=O)N1CCN(C(=O)C(=O)N2CCCC2)CC1. The van der Waals surface area contributed by atoms with Crippen molar-refractivity contribution in [2.75, 3.05) is 44.6 Å². The van der Waals surface area contributed by atoms with Gasteiger partial charge in [-0.2, -0.15) is 5.26 Å². The lowest BCUT2D eigenvalue weighted by molar-refractivity contribution is -0.152. The molecule has 142 valence electrons. The number of aryl methyl sites for hydroxylation is 1. The largest absolute Gasteiger partial charge is 0.334 e. The highest BCUT2D eigenvalue weighted by Gasteiger charge is 2.31. The Balaban J connectivity index is 1.54. The zero-order valence-electron chi connectivity index (χ0n) is 15.4. The van der Waals surface area contributed by atoms with E-state index in [0.29, 0.717) is 50.5 Å². The Morgan fingerprint density at radius 3 is 2.07 bits per heavy atom. The summed E-state index contributed by atoms with van der Waals surface area (Å²) in [5.74, 6) is -0.913. The highest BCUT2D eigenvalue weighted by atomic mass is 16.2. The zero-order valence-corrected chi connectivity index (χ0v) is 15.4. The number of rotatable bonds is 1. The lowest BCUT2D eigenvalue weighted by atomic mass is 10.1. The summed E-state index contributed by atoms with van der Waals surface area (Å²) in [6.45, 7) is 4.55. The number of nitrogens with one attached hydrogen (secondary N) is 1. The first-order chi connectivity index (χ1) is 13.0. The maximum absolute atomic E-state index is 12.5. The molecule has 0 unspecified atom stereocenters. The van der Waals surface area contributed by atoms with Crippen LogP contribution in [0.3, 0.4) is 0 Å². The first-order valence-electron chi connectivity index (χ1n) is 9.14. The fourth-order valence-electron chi connectivity index (χ4n) is 3.32. The maximum Gasteiger partial charge on any atom is 0.321 e. The van der Waals surface area contributed by atoms with Crippen molar-refractivity contribution >= 4 is 23.5 Å². The van der Waals surface area contributed by atoms with Crippen LogP contribution in [0.4, 0.5) is 10.5 Å². The van der Waals surface area contributed by atoms with Gasteiger partial charge < -0.3 is 20.0 Å². The third kappa shape index (κ3) is 4.19. The molecule has 2 aliphatic rings. The Hall–Kier alpha value is -3.08. The van der Waals surface area contributed by atoms with Gasteiger partial charge in [0.1, 0.15) is 0 Å². The first kappa shape index (κ1) is 18.7. The van der Waals surface area contributed by atoms with E-state index >= 15 is 0 Å². The smallest absolute Gasteiger partial charge is 0.321 e. The van der Waals surface area contributed by atoms with Crippen molar-refractivity contribution in [1.29, 1.82) is 5.26 Å². The van der Waals surface area contributed by atoms with Gasteiger partial charge >= 0.3 is 17.8 Å². The minimum Gasteiger partial charge on any atom is -0.334 e. The summed E-state index contributed by atoms with van der Waals surface area (Å²) in [7, 11) is 0. The molecule has 1 aromatic rings. The molecule has 0 aliphatic carbocycles. The number of benzene rings is 1. The predicted octanol–water partition coefficient (Wildman–Crippen LogP) is 1.17. The van der Waals surface area contributed by atoms with Crippen LogP contribution in [0.25, 0.3) is 0 Å². The molecular weight excluding hydrogens is 346 g/mol. The summed E-state index contributed by atoms with van der Waals surface area (Å²) < 4.78 is 0. The van der Waals surface area contributed by atoms with Crippen molar-refractivity contribution in [3.63, 3.8) is 0 Å². The standard InChI is InChI=1S/C19H23N5O3/c1-14-4-5-15(13-20)12-16(14)21-19(27)24-10-8-23(9-11-24)18(26)17(25)22-6-2-3-7-22/h4-5,12H,2-3,6-11H2,1H3,(H,21,27). The average molecular weight is 369 g/mol. The highest BCUT2D eigenvalue weighted by Crippen LogP contribution is 2.17. The molecule has 2 fully saturated rings. The molecule has 2 heterocycles. The summed E-state index contributed by atoms with van der Waals surface area (Å²) in [5.41, 5.74) is 1.95. The van der Waals surface area contributed by atoms with Gasteiger partial charge in [-0.3, -0.25) is 9.59 Å². The second-order valence-electron chi connectivity index (χ2n) is 6.85. The number of hydrogen-bond donors (Lipinski definition) is 1. The van der Waals surface area contributed by atoms with E-state index in [1.807, 2.05) is 6.92 Å². The minimum absolute atomic E-state index is 0.272. The van der Waals surface area contributed by atoms with E-state index in [1.54, 1.807) is 28.0 Å². The van der Waals surface area contributed by atoms with Crippen molar-refractivity contribution in [2.24, 2.45) is 0 Å². The molecule has 8 heteroatoms. The fourth-order valence-corrected chi connectivity index (χ4v) is 3.32. The molecule has 0 spiro atoms. The van der Waals surface area contributed by atoms with E-state index in [-0.39, 0.29) is 6.03 Å². The Morgan fingerprint density at radius 1 is 0.926 bits per heavy atom. The molecule has 27 heavy (non-hydrogen) atoms. The van der Waals surface area contributed by atoms with Crippen LogP contribution in [0.1, 0.15) is 24.0 Å². The molecular formula is C19H23N5O3. The van der Waals surface area contributed by atoms with Crippen LogP contribution >= 0.6 is 0 Å². The molecule has 4 amide bonds. The van der Waals surface area contributed by atoms with Crippen molar-refractivity contribution in [2.45, 2.75) is 19.8 Å². The predicted molar refractivity (Wildman–Crippen MR) is 98.9 cm³/mol. The van der Waals surface area contributed by atoms with Crippen LogP contribution in [0, 0.1) is 18.3 Å². The molecule has 8 nitrogen and oxygen atoms in total. The number of likely N-dealkylation sites (tertiary alicyclic amines) is 1. The molecule has 2 aliphatic heterocycles. The normalized spacial score (nSPS) is 16.8. The number of carbonyl (C=O) groups is 3. The van der Waals surface area contributed by atoms with E-state index in [0.717, 1.165) is 18.4 Å². The van der Waals surface area contributed by atoms with Crippen LogP contribution in [-0.4, -0.2) is 71.8 Å². The van der Waals surface area contributed by atoms with Crippen LogP contribution in [0.5, 0.6) is 0 Å². The van der Waals surface area contributed by atoms with Crippen LogP contribution in [0.15, 0.2) is 18.2 Å². The van der Waals surface area contributed by atoms with E-state index in [9.17, 15) is 14.4 Å². The molecule has 3 rings (SSSR count). The number of nitriles is 1. The molecule has 0 bridgehead atoms. The third-order valence-electron chi connectivity index (χ3n) is 5.04. The molecule has 2 saturated heterocycles. The van der Waals surface area contributed by atoms with E-state index in [1.165, 1.54) is 4.90 Å². The molecule has 0 aromatic heterocycles. The molecule has 0 saturated carbocycles. The Kier molecular flexibility index (Phi) is 5.60. The van der Waals surface area contributed by atoms with E-state index < -0.39 is 11.8 Å². The highest BCUT2D eigenvalue weighted by molar-refractivity contribution is 6.35. The lowest BCUT2D eigenvalue weighted by Gasteiger charge is -2.35. The number of carbonyl (C=O) groups excluding carboxylic acids is 3. The minimum atomic E-state index is -0.477. The number of amides is 4. The summed E-state index contributed by atoms with van der Waals surface area (Å²) in [5, 5.41) is 11.8. The Bertz CT molecular complexity index is 787. The Morgan fingerprint density at radius 2 is 1.48 bits per heavy atom. The van der Waals surface area contributed by atoms with Crippen LogP contribution < -0.4 is 5.32 Å². The second-order valence-corrected chi connectivity index (χ2v) is 6.85. The van der Waals surface area contributed by atoms with Crippen LogP contribution in [-0.2, 0) is 9.59 Å². The van der Waals surface area contributed by atoms with E-state index in [4.69, 9.17) is 5.26 Å². The van der Waals surface area contributed by atoms with Crippen molar-refractivity contribution in [3.05, 3.63) is 29.3 Å². The number of nitrogens with zero attached hydrogens (tertiary/aromatic N) is 4. The summed E-state index contributed by atoms with van der Waals surface area (Å²) >= 11 is 0. The van der Waals surface area contributed by atoms with Gasteiger partial charge in [0.05, 0.1) is 11.6 Å². The Labute approximate surface area is 158 Å². The van der Waals surface area contributed by atoms with Gasteiger partial charge in [0.2, 0.25) is 0 Å². The van der Waals surface area contributed by atoms with Gasteiger partial charge in [-0.15, -0.1) is 0 Å². The summed E-state index contributed by atoms with van der Waals surface area (Å²) in [4.78, 5) is 41.8. The third-order valence-corrected chi connectivity index (χ3v) is 5.04. The van der Waals surface area contributed by atoms with Gasteiger partial charge in [-0.05, 0) is 37.5 Å². The average Bonchev–Trinajstić information content (AvgIpc) is 3.23. The molecule has 1 N–H and O–H groups in total. The second kappa shape index (κ2) is 8.08. The van der Waals surface area contributed by atoms with Gasteiger partial charge in [0.25, 0.3) is 0 Å². The number of piperazine rings is 1. The fraction of sp³-hybridized carbons (Fsp3) is 0.474. The lowest BCUT2D eigenvalue weighted by Crippen LogP contribution is -2.54. The quantitative estimate of drug-likeness (QED) is 0.752. The van der Waals surface area contributed by atoms with Crippen molar-refractivity contribution < 1.29 is 14.4 Å². The topological polar surface area (TPSA) is 96.7 Å². The number of urea groups is 1. The summed E-state index contributed by atoms with van der Waals surface area (Å²) in [6.07, 6.45) is 1.89. The maximum atomic E-state index is 12.5. The monoisotopic (exact) mass is 369 g/mol. The van der Waals surface area contributed by atoms with Gasteiger partial charge in [0, 0.05) is 45.0 Å². The van der Waals surface area contributed by atoms with Gasteiger partial charge in [-0.1, -0.05) is 6.07 Å². The van der Waals surface area contributed by atoms with Gasteiger partial charge in [0.15, 0.2) is 0 Å². The van der Waals surface area contributed by atoms with Crippen molar-refractivity contribution in [3.8, 4) is 6.07 Å². The summed E-state index contributed by atoms with van der Waals surface area (Å²) in [6, 6.07) is 6.91. The van der Waals surface area contributed by atoms with Crippen molar-refractivity contribution in [1.82, 2.24) is 14.7 Å².